The molecule has 1 aliphatic rings. The molecule has 2 unspecified atom stereocenters. The highest BCUT2D eigenvalue weighted by atomic mass is 16.5. The van der Waals surface area contributed by atoms with Crippen molar-refractivity contribution in [1.82, 2.24) is 0 Å². The summed E-state index contributed by atoms with van der Waals surface area (Å²) in [4.78, 5) is 0. The lowest BCUT2D eigenvalue weighted by Gasteiger charge is -2.28. The Morgan fingerprint density at radius 1 is 1.41 bits per heavy atom. The molecule has 2 atom stereocenters. The molecule has 1 aromatic rings. The Balaban J connectivity index is 1.95. The second-order valence-corrected chi connectivity index (χ2v) is 4.90. The number of hydrogen-bond donors (Lipinski definition) is 2. The highest BCUT2D eigenvalue weighted by Crippen LogP contribution is 2.21. The first-order valence-electron chi connectivity index (χ1n) is 6.38. The fraction of sp³-hybridized carbons (Fsp3) is 0.571. The van der Waals surface area contributed by atoms with Gasteiger partial charge in [-0.3, -0.25) is 0 Å². The molecule has 0 spiro atoms. The summed E-state index contributed by atoms with van der Waals surface area (Å²) in [7, 11) is 1.72. The smallest absolute Gasteiger partial charge is 0.0713 e. The van der Waals surface area contributed by atoms with Crippen LogP contribution in [0.2, 0.25) is 0 Å². The van der Waals surface area contributed by atoms with E-state index in [1.54, 1.807) is 7.11 Å². The maximum Gasteiger partial charge on any atom is 0.0713 e. The van der Waals surface area contributed by atoms with Crippen molar-refractivity contribution in [3.8, 4) is 0 Å². The van der Waals surface area contributed by atoms with Crippen molar-refractivity contribution in [2.75, 3.05) is 12.4 Å². The zero-order valence-corrected chi connectivity index (χ0v) is 10.5. The number of hydrogen-bond acceptors (Lipinski definition) is 3. The van der Waals surface area contributed by atoms with E-state index in [2.05, 4.69) is 29.6 Å². The summed E-state index contributed by atoms with van der Waals surface area (Å²) < 4.78 is 5.14. The molecule has 1 saturated carbocycles. The van der Waals surface area contributed by atoms with Gasteiger partial charge in [0.05, 0.1) is 6.61 Å². The fourth-order valence-electron chi connectivity index (χ4n) is 2.51. The van der Waals surface area contributed by atoms with Crippen LogP contribution < -0.4 is 11.1 Å². The third kappa shape index (κ3) is 3.72. The van der Waals surface area contributed by atoms with E-state index in [9.17, 15) is 0 Å². The average molecular weight is 234 g/mol. The predicted octanol–water partition coefficient (Wildman–Crippen LogP) is 2.51. The van der Waals surface area contributed by atoms with Gasteiger partial charge in [-0.1, -0.05) is 12.1 Å². The Morgan fingerprint density at radius 3 is 3.06 bits per heavy atom. The molecule has 3 N–H and O–H groups in total. The minimum absolute atomic E-state index is 0.364. The molecule has 17 heavy (non-hydrogen) atoms. The van der Waals surface area contributed by atoms with Crippen molar-refractivity contribution in [1.29, 1.82) is 0 Å². The Labute approximate surface area is 103 Å². The predicted molar refractivity (Wildman–Crippen MR) is 71.0 cm³/mol. The van der Waals surface area contributed by atoms with Gasteiger partial charge in [0.15, 0.2) is 0 Å². The summed E-state index contributed by atoms with van der Waals surface area (Å²) in [5, 5.41) is 3.57. The van der Waals surface area contributed by atoms with Crippen LogP contribution in [0, 0.1) is 0 Å². The molecule has 0 aliphatic heterocycles. The fourth-order valence-corrected chi connectivity index (χ4v) is 2.51. The molecule has 94 valence electrons. The minimum atomic E-state index is 0.364. The molecule has 1 aromatic carbocycles. The molecule has 3 heteroatoms. The molecule has 3 nitrogen and oxygen atoms in total. The van der Waals surface area contributed by atoms with E-state index < -0.39 is 0 Å². The first kappa shape index (κ1) is 12.4. The molecule has 0 bridgehead atoms. The van der Waals surface area contributed by atoms with E-state index in [-0.39, 0.29) is 0 Å². The molecular formula is C14H22N2O. The first-order valence-corrected chi connectivity index (χ1v) is 6.38. The Morgan fingerprint density at radius 2 is 2.29 bits per heavy atom. The van der Waals surface area contributed by atoms with E-state index in [4.69, 9.17) is 10.5 Å². The monoisotopic (exact) mass is 234 g/mol. The number of anilines is 1. The molecule has 0 saturated heterocycles. The summed E-state index contributed by atoms with van der Waals surface area (Å²) in [6.07, 6.45) is 4.70. The minimum Gasteiger partial charge on any atom is -0.382 e. The van der Waals surface area contributed by atoms with Crippen LogP contribution in [0.3, 0.4) is 0 Å². The molecule has 1 fully saturated rings. The van der Waals surface area contributed by atoms with E-state index in [0.29, 0.717) is 18.7 Å². The van der Waals surface area contributed by atoms with E-state index in [0.717, 1.165) is 6.42 Å². The van der Waals surface area contributed by atoms with Gasteiger partial charge in [0, 0.05) is 24.9 Å². The third-order valence-electron chi connectivity index (χ3n) is 3.32. The number of nitrogens with one attached hydrogen (secondary N) is 1. The highest BCUT2D eigenvalue weighted by molar-refractivity contribution is 5.46. The van der Waals surface area contributed by atoms with Gasteiger partial charge in [-0.25, -0.2) is 0 Å². The number of benzene rings is 1. The van der Waals surface area contributed by atoms with Crippen LogP contribution in [0.5, 0.6) is 0 Å². The van der Waals surface area contributed by atoms with E-state index in [1.165, 1.54) is 30.5 Å². The SMILES string of the molecule is COCc1cccc(NC2CCCC(N)C2)c1. The first-order chi connectivity index (χ1) is 8.28. The molecular weight excluding hydrogens is 212 g/mol. The molecule has 2 rings (SSSR count). The number of rotatable bonds is 4. The van der Waals surface area contributed by atoms with Gasteiger partial charge in [-0.2, -0.15) is 0 Å². The second kappa shape index (κ2) is 6.03. The van der Waals surface area contributed by atoms with Crippen molar-refractivity contribution >= 4 is 5.69 Å². The topological polar surface area (TPSA) is 47.3 Å². The lowest BCUT2D eigenvalue weighted by atomic mass is 9.91. The zero-order chi connectivity index (χ0) is 12.1. The standard InChI is InChI=1S/C14H22N2O/c1-17-10-11-4-2-6-13(8-11)16-14-7-3-5-12(15)9-14/h2,4,6,8,12,14,16H,3,5,7,9-10,15H2,1H3. The van der Waals surface area contributed by atoms with Gasteiger partial charge in [0.2, 0.25) is 0 Å². The summed E-state index contributed by atoms with van der Waals surface area (Å²) in [5.41, 5.74) is 8.38. The van der Waals surface area contributed by atoms with Crippen LogP contribution in [0.25, 0.3) is 0 Å². The van der Waals surface area contributed by atoms with Crippen molar-refractivity contribution < 1.29 is 4.74 Å². The molecule has 0 aromatic heterocycles. The molecule has 0 radical (unpaired) electrons. The van der Waals surface area contributed by atoms with Crippen LogP contribution in [0.4, 0.5) is 5.69 Å². The van der Waals surface area contributed by atoms with Gasteiger partial charge in [0.1, 0.15) is 0 Å². The summed E-state index contributed by atoms with van der Waals surface area (Å²) in [5.74, 6) is 0. The summed E-state index contributed by atoms with van der Waals surface area (Å²) >= 11 is 0. The molecule has 0 heterocycles. The molecule has 1 aliphatic carbocycles. The maximum atomic E-state index is 6.00. The van der Waals surface area contributed by atoms with Crippen LogP contribution in [0.1, 0.15) is 31.2 Å². The Hall–Kier alpha value is -1.06. The summed E-state index contributed by atoms with van der Waals surface area (Å²) in [6, 6.07) is 9.31. The average Bonchev–Trinajstić information content (AvgIpc) is 2.30. The Bertz CT molecular complexity index is 354. The van der Waals surface area contributed by atoms with E-state index >= 15 is 0 Å². The third-order valence-corrected chi connectivity index (χ3v) is 3.32. The van der Waals surface area contributed by atoms with Crippen molar-refractivity contribution in [3.63, 3.8) is 0 Å². The van der Waals surface area contributed by atoms with Crippen LogP contribution in [-0.4, -0.2) is 19.2 Å². The quantitative estimate of drug-likeness (QED) is 0.841. The van der Waals surface area contributed by atoms with Crippen LogP contribution in [0.15, 0.2) is 24.3 Å². The van der Waals surface area contributed by atoms with Crippen molar-refractivity contribution in [2.45, 2.75) is 44.4 Å². The zero-order valence-electron chi connectivity index (χ0n) is 10.5. The van der Waals surface area contributed by atoms with Gasteiger partial charge in [-0.15, -0.1) is 0 Å². The van der Waals surface area contributed by atoms with Crippen molar-refractivity contribution in [3.05, 3.63) is 29.8 Å². The normalized spacial score (nSPS) is 24.6. The van der Waals surface area contributed by atoms with Crippen LogP contribution >= 0.6 is 0 Å². The number of ether oxygens (including phenoxy) is 1. The van der Waals surface area contributed by atoms with Gasteiger partial charge >= 0.3 is 0 Å². The maximum absolute atomic E-state index is 6.00. The van der Waals surface area contributed by atoms with E-state index in [1.807, 2.05) is 0 Å². The number of methoxy groups -OCH3 is 1. The van der Waals surface area contributed by atoms with Gasteiger partial charge < -0.3 is 15.8 Å². The van der Waals surface area contributed by atoms with Crippen LogP contribution in [-0.2, 0) is 11.3 Å². The largest absolute Gasteiger partial charge is 0.382 e. The Kier molecular flexibility index (Phi) is 4.40. The second-order valence-electron chi connectivity index (χ2n) is 4.90. The highest BCUT2D eigenvalue weighted by Gasteiger charge is 2.18. The van der Waals surface area contributed by atoms with Gasteiger partial charge in [0.25, 0.3) is 0 Å². The lowest BCUT2D eigenvalue weighted by Crippen LogP contribution is -2.34. The lowest BCUT2D eigenvalue weighted by molar-refractivity contribution is 0.185. The summed E-state index contributed by atoms with van der Waals surface area (Å²) in [6.45, 7) is 0.666. The van der Waals surface area contributed by atoms with Gasteiger partial charge in [-0.05, 0) is 43.4 Å². The van der Waals surface area contributed by atoms with Crippen molar-refractivity contribution in [2.24, 2.45) is 5.73 Å². The molecule has 0 amide bonds. The number of nitrogens with two attached hydrogens (primary N) is 1.